The SMILES string of the molecule is COc1c(-c2ccc(N3C[C@H](CNC(=O)c4ccc(Cl)s4)OC3=O)cc2C)cc[nH]c1=O. The predicted octanol–water partition coefficient (Wildman–Crippen LogP) is 3.83. The van der Waals surface area contributed by atoms with Crippen LogP contribution in [-0.4, -0.2) is 43.3 Å². The second-order valence-electron chi connectivity index (χ2n) is 7.18. The number of aromatic nitrogens is 1. The zero-order valence-corrected chi connectivity index (χ0v) is 18.9. The Hall–Kier alpha value is -3.30. The molecule has 0 spiro atoms. The highest BCUT2D eigenvalue weighted by Crippen LogP contribution is 2.32. The highest BCUT2D eigenvalue weighted by molar-refractivity contribution is 7.18. The normalized spacial score (nSPS) is 15.5. The number of nitrogens with zero attached hydrogens (tertiary/aromatic N) is 1. The van der Waals surface area contributed by atoms with Crippen LogP contribution in [0.25, 0.3) is 11.1 Å². The second-order valence-corrected chi connectivity index (χ2v) is 8.90. The third-order valence-corrected chi connectivity index (χ3v) is 6.32. The summed E-state index contributed by atoms with van der Waals surface area (Å²) in [6.07, 6.45) is 0.605. The molecule has 8 nitrogen and oxygen atoms in total. The first-order chi connectivity index (χ1) is 15.4. The van der Waals surface area contributed by atoms with Gasteiger partial charge >= 0.3 is 6.09 Å². The van der Waals surface area contributed by atoms with Crippen LogP contribution >= 0.6 is 22.9 Å². The summed E-state index contributed by atoms with van der Waals surface area (Å²) in [6.45, 7) is 2.39. The molecule has 4 rings (SSSR count). The predicted molar refractivity (Wildman–Crippen MR) is 123 cm³/mol. The van der Waals surface area contributed by atoms with Crippen molar-refractivity contribution in [3.63, 3.8) is 0 Å². The number of benzene rings is 1. The van der Waals surface area contributed by atoms with E-state index in [4.69, 9.17) is 21.1 Å². The quantitative estimate of drug-likeness (QED) is 0.566. The highest BCUT2D eigenvalue weighted by atomic mass is 35.5. The summed E-state index contributed by atoms with van der Waals surface area (Å²) in [6, 6.07) is 10.6. The third kappa shape index (κ3) is 4.35. The molecule has 2 aromatic heterocycles. The number of rotatable bonds is 6. The van der Waals surface area contributed by atoms with Gasteiger partial charge in [-0.1, -0.05) is 17.7 Å². The van der Waals surface area contributed by atoms with Crippen LogP contribution in [0.1, 0.15) is 15.2 Å². The monoisotopic (exact) mass is 473 g/mol. The summed E-state index contributed by atoms with van der Waals surface area (Å²) in [5.74, 6) is -0.0323. The number of amides is 2. The van der Waals surface area contributed by atoms with Crippen LogP contribution in [0.2, 0.25) is 4.34 Å². The second kappa shape index (κ2) is 9.05. The molecule has 1 aromatic carbocycles. The molecule has 0 saturated carbocycles. The Kier molecular flexibility index (Phi) is 6.20. The largest absolute Gasteiger partial charge is 0.491 e. The zero-order valence-electron chi connectivity index (χ0n) is 17.3. The number of H-pyrrole nitrogens is 1. The van der Waals surface area contributed by atoms with Crippen LogP contribution in [0, 0.1) is 6.92 Å². The summed E-state index contributed by atoms with van der Waals surface area (Å²) in [7, 11) is 1.45. The summed E-state index contributed by atoms with van der Waals surface area (Å²) < 4.78 is 11.2. The smallest absolute Gasteiger partial charge is 0.414 e. The molecule has 0 aliphatic carbocycles. The van der Waals surface area contributed by atoms with Gasteiger partial charge in [0.15, 0.2) is 5.75 Å². The Labute approximate surface area is 192 Å². The first-order valence-electron chi connectivity index (χ1n) is 9.75. The van der Waals surface area contributed by atoms with Crippen molar-refractivity contribution in [1.82, 2.24) is 10.3 Å². The molecule has 3 aromatic rings. The van der Waals surface area contributed by atoms with Gasteiger partial charge in [0, 0.05) is 17.4 Å². The van der Waals surface area contributed by atoms with Crippen molar-refractivity contribution in [2.45, 2.75) is 13.0 Å². The molecule has 0 radical (unpaired) electrons. The van der Waals surface area contributed by atoms with Gasteiger partial charge in [-0.3, -0.25) is 14.5 Å². The molecule has 1 atom stereocenters. The molecule has 32 heavy (non-hydrogen) atoms. The molecule has 0 bridgehead atoms. The molecule has 2 N–H and O–H groups in total. The fourth-order valence-corrected chi connectivity index (χ4v) is 4.53. The van der Waals surface area contributed by atoms with Crippen LogP contribution in [-0.2, 0) is 4.74 Å². The number of pyridine rings is 1. The van der Waals surface area contributed by atoms with E-state index in [0.717, 1.165) is 11.1 Å². The maximum absolute atomic E-state index is 12.4. The molecule has 1 fully saturated rings. The average Bonchev–Trinajstić information content (AvgIpc) is 3.37. The van der Waals surface area contributed by atoms with Crippen LogP contribution in [0.4, 0.5) is 10.5 Å². The van der Waals surface area contributed by atoms with Crippen molar-refractivity contribution in [2.75, 3.05) is 25.1 Å². The summed E-state index contributed by atoms with van der Waals surface area (Å²) in [5.41, 5.74) is 2.71. The number of hydrogen-bond acceptors (Lipinski definition) is 6. The maximum Gasteiger partial charge on any atom is 0.414 e. The lowest BCUT2D eigenvalue weighted by Gasteiger charge is -2.16. The summed E-state index contributed by atoms with van der Waals surface area (Å²) >= 11 is 7.05. The zero-order chi connectivity index (χ0) is 22.8. The van der Waals surface area contributed by atoms with Crippen molar-refractivity contribution in [1.29, 1.82) is 0 Å². The Balaban J connectivity index is 1.47. The van der Waals surface area contributed by atoms with E-state index >= 15 is 0 Å². The fourth-order valence-electron chi connectivity index (χ4n) is 3.57. The molecule has 1 saturated heterocycles. The van der Waals surface area contributed by atoms with Crippen molar-refractivity contribution < 1.29 is 19.1 Å². The van der Waals surface area contributed by atoms with Crippen LogP contribution in [0.5, 0.6) is 5.75 Å². The number of anilines is 1. The lowest BCUT2D eigenvalue weighted by atomic mass is 10.00. The molecule has 1 aliphatic heterocycles. The minimum absolute atomic E-state index is 0.192. The minimum atomic E-state index is -0.482. The van der Waals surface area contributed by atoms with Crippen LogP contribution in [0.15, 0.2) is 47.4 Å². The lowest BCUT2D eigenvalue weighted by molar-refractivity contribution is 0.0920. The van der Waals surface area contributed by atoms with Gasteiger partial charge in [0.25, 0.3) is 11.5 Å². The molecular weight excluding hydrogens is 454 g/mol. The van der Waals surface area contributed by atoms with E-state index in [1.54, 1.807) is 30.5 Å². The number of methoxy groups -OCH3 is 1. The fraction of sp³-hybridized carbons (Fsp3) is 0.227. The number of cyclic esters (lactones) is 1. The van der Waals surface area contributed by atoms with E-state index in [0.29, 0.717) is 27.0 Å². The Morgan fingerprint density at radius 3 is 2.78 bits per heavy atom. The van der Waals surface area contributed by atoms with Gasteiger partial charge in [-0.25, -0.2) is 4.79 Å². The van der Waals surface area contributed by atoms with Crippen LogP contribution < -0.4 is 20.5 Å². The topological polar surface area (TPSA) is 101 Å². The van der Waals surface area contributed by atoms with Crippen molar-refractivity contribution >= 4 is 40.6 Å². The molecule has 3 heterocycles. The summed E-state index contributed by atoms with van der Waals surface area (Å²) in [5, 5.41) is 2.77. The number of aryl methyl sites for hydroxylation is 1. The standard InChI is InChI=1S/C22H20ClN3O5S/c1-12-9-13(3-4-15(12)16-7-8-24-21(28)19(16)30-2)26-11-14(31-22(26)29)10-25-20(27)17-5-6-18(23)32-17/h3-9,14H,10-11H2,1-2H3,(H,24,28)(H,25,27)/t14-/m0/s1. The first-order valence-corrected chi connectivity index (χ1v) is 10.9. The Bertz CT molecular complexity index is 1240. The number of carbonyl (C=O) groups is 2. The number of aromatic amines is 1. The van der Waals surface area contributed by atoms with E-state index in [1.165, 1.54) is 23.3 Å². The molecule has 1 aliphatic rings. The highest BCUT2D eigenvalue weighted by Gasteiger charge is 2.33. The minimum Gasteiger partial charge on any atom is -0.491 e. The van der Waals surface area contributed by atoms with Gasteiger partial charge in [0.2, 0.25) is 0 Å². The van der Waals surface area contributed by atoms with Gasteiger partial charge in [-0.2, -0.15) is 0 Å². The first kappa shape index (κ1) is 21.9. The molecule has 2 amide bonds. The van der Waals surface area contributed by atoms with Gasteiger partial charge in [0.05, 0.1) is 29.4 Å². The number of thiophene rings is 1. The number of hydrogen-bond donors (Lipinski definition) is 2. The van der Waals surface area contributed by atoms with Gasteiger partial charge in [0.1, 0.15) is 6.10 Å². The number of nitrogens with one attached hydrogen (secondary N) is 2. The number of carbonyl (C=O) groups excluding carboxylic acids is 2. The van der Waals surface area contributed by atoms with E-state index in [1.807, 2.05) is 19.1 Å². The van der Waals surface area contributed by atoms with Crippen LogP contribution in [0.3, 0.4) is 0 Å². The number of ether oxygens (including phenoxy) is 2. The van der Waals surface area contributed by atoms with E-state index < -0.39 is 12.2 Å². The van der Waals surface area contributed by atoms with Gasteiger partial charge in [-0.05, 0) is 48.4 Å². The van der Waals surface area contributed by atoms with Gasteiger partial charge < -0.3 is 19.8 Å². The Morgan fingerprint density at radius 1 is 1.28 bits per heavy atom. The Morgan fingerprint density at radius 2 is 2.09 bits per heavy atom. The summed E-state index contributed by atoms with van der Waals surface area (Å²) in [4.78, 5) is 41.3. The number of halogens is 1. The lowest BCUT2D eigenvalue weighted by Crippen LogP contribution is -2.34. The molecule has 10 heteroatoms. The van der Waals surface area contributed by atoms with Crippen molar-refractivity contribution in [2.24, 2.45) is 0 Å². The third-order valence-electron chi connectivity index (χ3n) is 5.09. The van der Waals surface area contributed by atoms with Crippen molar-refractivity contribution in [3.05, 3.63) is 67.7 Å². The molecule has 166 valence electrons. The van der Waals surface area contributed by atoms with E-state index in [-0.39, 0.29) is 23.8 Å². The van der Waals surface area contributed by atoms with E-state index in [2.05, 4.69) is 10.3 Å². The van der Waals surface area contributed by atoms with Crippen molar-refractivity contribution in [3.8, 4) is 16.9 Å². The average molecular weight is 474 g/mol. The molecular formula is C22H20ClN3O5S. The van der Waals surface area contributed by atoms with Gasteiger partial charge in [-0.15, -0.1) is 11.3 Å². The molecule has 0 unspecified atom stereocenters. The maximum atomic E-state index is 12.4. The van der Waals surface area contributed by atoms with E-state index in [9.17, 15) is 14.4 Å².